The van der Waals surface area contributed by atoms with Gasteiger partial charge in [-0.1, -0.05) is 25.1 Å². The standard InChI is InChI=1S/C15H26N4O/c1-5-10-17-15(18-16)19(3)12(2)11-13-8-6-7-9-14(13)20-4/h6-9,12H,5,10-11,16H2,1-4H3,(H,17,18). The summed E-state index contributed by atoms with van der Waals surface area (Å²) in [6.45, 7) is 5.01. The summed E-state index contributed by atoms with van der Waals surface area (Å²) < 4.78 is 5.39. The lowest BCUT2D eigenvalue weighted by atomic mass is 10.1. The maximum Gasteiger partial charge on any atom is 0.208 e. The van der Waals surface area contributed by atoms with E-state index in [2.05, 4.69) is 35.2 Å². The minimum absolute atomic E-state index is 0.262. The molecule has 20 heavy (non-hydrogen) atoms. The lowest BCUT2D eigenvalue weighted by Crippen LogP contribution is -2.47. The zero-order valence-electron chi connectivity index (χ0n) is 12.9. The van der Waals surface area contributed by atoms with Crippen molar-refractivity contribution in [3.8, 4) is 5.75 Å². The SMILES string of the molecule is CCCN=C(NN)N(C)C(C)Cc1ccccc1OC. The molecule has 3 N–H and O–H groups in total. The van der Waals surface area contributed by atoms with Crippen molar-refractivity contribution in [2.75, 3.05) is 20.7 Å². The summed E-state index contributed by atoms with van der Waals surface area (Å²) in [5.41, 5.74) is 3.86. The van der Waals surface area contributed by atoms with Gasteiger partial charge >= 0.3 is 0 Å². The van der Waals surface area contributed by atoms with Gasteiger partial charge in [-0.05, 0) is 31.4 Å². The predicted octanol–water partition coefficient (Wildman–Crippen LogP) is 1.79. The molecule has 0 aliphatic heterocycles. The second-order valence-electron chi connectivity index (χ2n) is 4.83. The van der Waals surface area contributed by atoms with Crippen LogP contribution in [0.4, 0.5) is 0 Å². The number of nitrogens with two attached hydrogens (primary N) is 1. The fraction of sp³-hybridized carbons (Fsp3) is 0.533. The zero-order chi connectivity index (χ0) is 15.0. The number of hydrogen-bond donors (Lipinski definition) is 2. The number of hydrazine groups is 1. The first-order chi connectivity index (χ1) is 9.63. The van der Waals surface area contributed by atoms with Crippen LogP contribution in [0.3, 0.4) is 0 Å². The smallest absolute Gasteiger partial charge is 0.208 e. The number of ether oxygens (including phenoxy) is 1. The van der Waals surface area contributed by atoms with Crippen molar-refractivity contribution in [1.82, 2.24) is 10.3 Å². The number of guanidine groups is 1. The molecule has 0 aliphatic rings. The molecule has 0 radical (unpaired) electrons. The number of nitrogens with one attached hydrogen (secondary N) is 1. The molecule has 0 saturated carbocycles. The third-order valence-corrected chi connectivity index (χ3v) is 3.32. The Kier molecular flexibility index (Phi) is 6.87. The Morgan fingerprint density at radius 1 is 1.45 bits per heavy atom. The average molecular weight is 278 g/mol. The molecule has 0 saturated heterocycles. The summed E-state index contributed by atoms with van der Waals surface area (Å²) in [5, 5.41) is 0. The van der Waals surface area contributed by atoms with Crippen LogP contribution in [0, 0.1) is 0 Å². The Bertz CT molecular complexity index is 434. The van der Waals surface area contributed by atoms with E-state index in [-0.39, 0.29) is 6.04 Å². The van der Waals surface area contributed by atoms with Gasteiger partial charge < -0.3 is 9.64 Å². The Morgan fingerprint density at radius 3 is 2.75 bits per heavy atom. The quantitative estimate of drug-likeness (QED) is 0.360. The molecular weight excluding hydrogens is 252 g/mol. The van der Waals surface area contributed by atoms with Crippen molar-refractivity contribution >= 4 is 5.96 Å². The molecule has 112 valence electrons. The molecule has 1 aromatic rings. The van der Waals surface area contributed by atoms with E-state index in [1.807, 2.05) is 25.2 Å². The van der Waals surface area contributed by atoms with Crippen LogP contribution in [0.1, 0.15) is 25.8 Å². The molecule has 1 unspecified atom stereocenters. The molecule has 5 heteroatoms. The van der Waals surface area contributed by atoms with E-state index in [9.17, 15) is 0 Å². The van der Waals surface area contributed by atoms with Gasteiger partial charge in [0.05, 0.1) is 7.11 Å². The second-order valence-corrected chi connectivity index (χ2v) is 4.83. The summed E-state index contributed by atoms with van der Waals surface area (Å²) in [6, 6.07) is 8.33. The van der Waals surface area contributed by atoms with E-state index >= 15 is 0 Å². The minimum atomic E-state index is 0.262. The topological polar surface area (TPSA) is 62.9 Å². The van der Waals surface area contributed by atoms with Crippen molar-refractivity contribution in [2.24, 2.45) is 10.8 Å². The van der Waals surface area contributed by atoms with Gasteiger partial charge in [-0.25, -0.2) is 5.84 Å². The fourth-order valence-electron chi connectivity index (χ4n) is 2.01. The average Bonchev–Trinajstić information content (AvgIpc) is 2.48. The normalized spacial score (nSPS) is 12.9. The van der Waals surface area contributed by atoms with Gasteiger partial charge in [-0.2, -0.15) is 0 Å². The first kappa shape index (κ1) is 16.3. The molecule has 0 bridgehead atoms. The number of nitrogens with zero attached hydrogens (tertiary/aromatic N) is 2. The predicted molar refractivity (Wildman–Crippen MR) is 83.8 cm³/mol. The molecule has 0 heterocycles. The van der Waals surface area contributed by atoms with E-state index in [0.717, 1.165) is 25.1 Å². The van der Waals surface area contributed by atoms with Crippen LogP contribution < -0.4 is 16.0 Å². The lowest BCUT2D eigenvalue weighted by molar-refractivity contribution is 0.363. The fourth-order valence-corrected chi connectivity index (χ4v) is 2.01. The van der Waals surface area contributed by atoms with Crippen molar-refractivity contribution in [3.63, 3.8) is 0 Å². The van der Waals surface area contributed by atoms with Crippen molar-refractivity contribution in [1.29, 1.82) is 0 Å². The summed E-state index contributed by atoms with van der Waals surface area (Å²) in [6.07, 6.45) is 1.87. The molecule has 1 aromatic carbocycles. The van der Waals surface area contributed by atoms with Gasteiger partial charge in [-0.3, -0.25) is 10.4 Å². The lowest BCUT2D eigenvalue weighted by Gasteiger charge is -2.28. The largest absolute Gasteiger partial charge is 0.496 e. The summed E-state index contributed by atoms with van der Waals surface area (Å²) in [4.78, 5) is 6.50. The molecule has 5 nitrogen and oxygen atoms in total. The highest BCUT2D eigenvalue weighted by atomic mass is 16.5. The van der Waals surface area contributed by atoms with Crippen LogP contribution >= 0.6 is 0 Å². The number of aliphatic imine (C=N–C) groups is 1. The third-order valence-electron chi connectivity index (χ3n) is 3.32. The van der Waals surface area contributed by atoms with Crippen molar-refractivity contribution in [3.05, 3.63) is 29.8 Å². The monoisotopic (exact) mass is 278 g/mol. The van der Waals surface area contributed by atoms with Crippen LogP contribution in [-0.4, -0.2) is 37.6 Å². The van der Waals surface area contributed by atoms with Gasteiger partial charge in [0.1, 0.15) is 5.75 Å². The molecule has 1 rings (SSSR count). The highest BCUT2D eigenvalue weighted by Crippen LogP contribution is 2.20. The zero-order valence-corrected chi connectivity index (χ0v) is 12.9. The van der Waals surface area contributed by atoms with Gasteiger partial charge in [0, 0.05) is 19.6 Å². The number of hydrogen-bond acceptors (Lipinski definition) is 3. The highest BCUT2D eigenvalue weighted by molar-refractivity contribution is 5.79. The number of benzene rings is 1. The maximum atomic E-state index is 5.55. The van der Waals surface area contributed by atoms with Gasteiger partial charge in [0.25, 0.3) is 0 Å². The molecule has 0 amide bonds. The van der Waals surface area contributed by atoms with Crippen LogP contribution in [0.15, 0.2) is 29.3 Å². The first-order valence-corrected chi connectivity index (χ1v) is 6.99. The maximum absolute atomic E-state index is 5.55. The Morgan fingerprint density at radius 2 is 2.15 bits per heavy atom. The van der Waals surface area contributed by atoms with E-state index in [1.165, 1.54) is 5.56 Å². The van der Waals surface area contributed by atoms with Gasteiger partial charge in [-0.15, -0.1) is 0 Å². The highest BCUT2D eigenvalue weighted by Gasteiger charge is 2.15. The van der Waals surface area contributed by atoms with E-state index in [0.29, 0.717) is 5.96 Å². The van der Waals surface area contributed by atoms with Crippen molar-refractivity contribution < 1.29 is 4.74 Å². The van der Waals surface area contributed by atoms with Crippen LogP contribution in [0.2, 0.25) is 0 Å². The van der Waals surface area contributed by atoms with Crippen molar-refractivity contribution in [2.45, 2.75) is 32.7 Å². The first-order valence-electron chi connectivity index (χ1n) is 6.99. The second kappa shape index (κ2) is 8.43. The number of para-hydroxylation sites is 1. The molecule has 1 atom stereocenters. The van der Waals surface area contributed by atoms with Gasteiger partial charge in [0.2, 0.25) is 5.96 Å². The molecule has 0 aliphatic carbocycles. The third kappa shape index (κ3) is 4.42. The molecular formula is C15H26N4O. The van der Waals surface area contributed by atoms with Gasteiger partial charge in [0.15, 0.2) is 0 Å². The molecule has 0 spiro atoms. The summed E-state index contributed by atoms with van der Waals surface area (Å²) in [7, 11) is 3.69. The van der Waals surface area contributed by atoms with E-state index < -0.39 is 0 Å². The summed E-state index contributed by atoms with van der Waals surface area (Å²) >= 11 is 0. The van der Waals surface area contributed by atoms with E-state index in [1.54, 1.807) is 7.11 Å². The summed E-state index contributed by atoms with van der Waals surface area (Å²) in [5.74, 6) is 7.19. The Labute approximate surface area is 121 Å². The number of rotatable bonds is 6. The van der Waals surface area contributed by atoms with E-state index in [4.69, 9.17) is 10.6 Å². The number of methoxy groups -OCH3 is 1. The van der Waals surface area contributed by atoms with Crippen LogP contribution in [0.25, 0.3) is 0 Å². The Balaban J connectivity index is 2.76. The minimum Gasteiger partial charge on any atom is -0.496 e. The Hall–Kier alpha value is -1.75. The number of likely N-dealkylation sites (N-methyl/N-ethyl adjacent to an activating group) is 1. The molecule has 0 fully saturated rings. The van der Waals surface area contributed by atoms with Crippen LogP contribution in [-0.2, 0) is 6.42 Å². The van der Waals surface area contributed by atoms with Crippen LogP contribution in [0.5, 0.6) is 5.75 Å². The molecule has 0 aromatic heterocycles.